The standard InChI is InChI=1S/C35H39N5O5/c1-34(2,3)45-33(44)38-30-15-14-25(21-36-30)20-28(32(42)43)29-22-39(24-37-29)23-31(41)40-18-16-35(17-19-40,26-10-6-4-7-11-26)27-12-8-5-9-13-27/h4-15,21-22,24,28H,16-20,23H2,1-3H3,(H,42,43)(H,36,38,44)/t28-/m1/s1. The van der Waals surface area contributed by atoms with Crippen molar-refractivity contribution in [3.63, 3.8) is 0 Å². The molecule has 2 N–H and O–H groups in total. The van der Waals surface area contributed by atoms with Crippen molar-refractivity contribution in [1.29, 1.82) is 0 Å². The Morgan fingerprint density at radius 1 is 0.933 bits per heavy atom. The van der Waals surface area contributed by atoms with E-state index in [0.717, 1.165) is 12.8 Å². The van der Waals surface area contributed by atoms with E-state index in [-0.39, 0.29) is 24.3 Å². The summed E-state index contributed by atoms with van der Waals surface area (Å²) in [6.45, 7) is 6.61. The Hall–Kier alpha value is -4.99. The van der Waals surface area contributed by atoms with E-state index in [1.807, 2.05) is 17.0 Å². The zero-order valence-electron chi connectivity index (χ0n) is 25.8. The molecule has 2 aromatic carbocycles. The van der Waals surface area contributed by atoms with Gasteiger partial charge in [0.1, 0.15) is 23.9 Å². The molecule has 234 valence electrons. The number of nitrogens with zero attached hydrogens (tertiary/aromatic N) is 4. The number of hydrogen-bond donors (Lipinski definition) is 2. The summed E-state index contributed by atoms with van der Waals surface area (Å²) in [4.78, 5) is 48.0. The third-order valence-electron chi connectivity index (χ3n) is 8.14. The molecule has 1 fully saturated rings. The smallest absolute Gasteiger partial charge is 0.413 e. The van der Waals surface area contributed by atoms with Crippen molar-refractivity contribution in [3.8, 4) is 0 Å². The maximum atomic E-state index is 13.4. The normalized spacial score (nSPS) is 15.2. The van der Waals surface area contributed by atoms with Crippen LogP contribution in [0.2, 0.25) is 0 Å². The Labute approximate surface area is 263 Å². The Kier molecular flexibility index (Phi) is 9.32. The van der Waals surface area contributed by atoms with Crippen molar-refractivity contribution in [2.45, 2.75) is 63.5 Å². The summed E-state index contributed by atoms with van der Waals surface area (Å²) in [6.07, 6.45) is 5.80. The first kappa shape index (κ1) is 31.4. The number of imidazole rings is 1. The number of hydrogen-bond acceptors (Lipinski definition) is 6. The average Bonchev–Trinajstić information content (AvgIpc) is 3.48. The average molecular weight is 610 g/mol. The highest BCUT2D eigenvalue weighted by Gasteiger charge is 2.38. The molecule has 10 heteroatoms. The summed E-state index contributed by atoms with van der Waals surface area (Å²) in [7, 11) is 0. The van der Waals surface area contributed by atoms with Gasteiger partial charge in [-0.1, -0.05) is 66.7 Å². The molecule has 0 bridgehead atoms. The molecular weight excluding hydrogens is 570 g/mol. The molecule has 1 atom stereocenters. The van der Waals surface area contributed by atoms with Crippen LogP contribution in [-0.4, -0.2) is 61.2 Å². The molecule has 2 aromatic heterocycles. The summed E-state index contributed by atoms with van der Waals surface area (Å²) < 4.78 is 6.88. The highest BCUT2D eigenvalue weighted by Crippen LogP contribution is 2.41. The van der Waals surface area contributed by atoms with E-state index in [2.05, 4.69) is 63.8 Å². The number of benzene rings is 2. The van der Waals surface area contributed by atoms with Gasteiger partial charge in [0.2, 0.25) is 5.91 Å². The van der Waals surface area contributed by atoms with E-state index < -0.39 is 23.6 Å². The zero-order chi connectivity index (χ0) is 32.0. The molecule has 0 unspecified atom stereocenters. The molecular formula is C35H39N5O5. The van der Waals surface area contributed by atoms with Crippen LogP contribution in [0, 0.1) is 0 Å². The largest absolute Gasteiger partial charge is 0.481 e. The van der Waals surface area contributed by atoms with Crippen LogP contribution in [-0.2, 0) is 32.7 Å². The third kappa shape index (κ3) is 7.75. The minimum absolute atomic E-state index is 0.0298. The minimum atomic E-state index is -1.03. The summed E-state index contributed by atoms with van der Waals surface area (Å²) in [5, 5.41) is 12.5. The van der Waals surface area contributed by atoms with Gasteiger partial charge in [0.05, 0.1) is 12.0 Å². The molecule has 0 aliphatic carbocycles. The van der Waals surface area contributed by atoms with E-state index in [1.54, 1.807) is 43.7 Å². The van der Waals surface area contributed by atoms with E-state index in [4.69, 9.17) is 4.74 Å². The van der Waals surface area contributed by atoms with Crippen molar-refractivity contribution in [1.82, 2.24) is 19.4 Å². The second-order valence-electron chi connectivity index (χ2n) is 12.4. The molecule has 0 spiro atoms. The lowest BCUT2D eigenvalue weighted by Crippen LogP contribution is -2.46. The Bertz CT molecular complexity index is 1560. The van der Waals surface area contributed by atoms with Gasteiger partial charge in [-0.3, -0.25) is 14.9 Å². The number of carboxylic acid groups (broad SMARTS) is 1. The van der Waals surface area contributed by atoms with Gasteiger partial charge in [-0.05, 0) is 62.8 Å². The van der Waals surface area contributed by atoms with Gasteiger partial charge in [-0.2, -0.15) is 0 Å². The highest BCUT2D eigenvalue weighted by atomic mass is 16.6. The van der Waals surface area contributed by atoms with Gasteiger partial charge >= 0.3 is 12.1 Å². The number of ether oxygens (including phenoxy) is 1. The number of nitrogens with one attached hydrogen (secondary N) is 1. The molecule has 1 saturated heterocycles. The maximum absolute atomic E-state index is 13.4. The molecule has 1 aliphatic rings. The van der Waals surface area contributed by atoms with E-state index in [0.29, 0.717) is 30.2 Å². The van der Waals surface area contributed by atoms with Crippen molar-refractivity contribution in [2.24, 2.45) is 0 Å². The zero-order valence-corrected chi connectivity index (χ0v) is 25.8. The number of aliphatic carboxylic acids is 1. The highest BCUT2D eigenvalue weighted by molar-refractivity contribution is 5.83. The Morgan fingerprint density at radius 2 is 1.56 bits per heavy atom. The number of carboxylic acids is 1. The van der Waals surface area contributed by atoms with Crippen molar-refractivity contribution in [3.05, 3.63) is 114 Å². The number of likely N-dealkylation sites (tertiary alicyclic amines) is 1. The maximum Gasteiger partial charge on any atom is 0.413 e. The summed E-state index contributed by atoms with van der Waals surface area (Å²) in [5.41, 5.74) is 2.73. The van der Waals surface area contributed by atoms with Crippen LogP contribution in [0.1, 0.15) is 61.9 Å². The molecule has 2 amide bonds. The first-order chi connectivity index (χ1) is 21.5. The molecule has 45 heavy (non-hydrogen) atoms. The van der Waals surface area contributed by atoms with Gasteiger partial charge in [0.15, 0.2) is 0 Å². The molecule has 0 saturated carbocycles. The second-order valence-corrected chi connectivity index (χ2v) is 12.4. The van der Waals surface area contributed by atoms with Crippen molar-refractivity contribution >= 4 is 23.8 Å². The molecule has 0 radical (unpaired) electrons. The predicted molar refractivity (Wildman–Crippen MR) is 170 cm³/mol. The van der Waals surface area contributed by atoms with Crippen LogP contribution in [0.15, 0.2) is 91.5 Å². The fourth-order valence-electron chi connectivity index (χ4n) is 5.88. The summed E-state index contributed by atoms with van der Waals surface area (Å²) in [6, 6.07) is 24.3. The number of pyridine rings is 1. The molecule has 3 heterocycles. The van der Waals surface area contributed by atoms with Gasteiger partial charge in [-0.15, -0.1) is 0 Å². The fraction of sp³-hybridized carbons (Fsp3) is 0.343. The second kappa shape index (κ2) is 13.3. The number of aromatic nitrogens is 3. The number of piperidine rings is 1. The summed E-state index contributed by atoms with van der Waals surface area (Å²) in [5.74, 6) is -1.69. The number of anilines is 1. The molecule has 1 aliphatic heterocycles. The lowest BCUT2D eigenvalue weighted by molar-refractivity contribution is -0.139. The van der Waals surface area contributed by atoms with Crippen LogP contribution in [0.4, 0.5) is 10.6 Å². The van der Waals surface area contributed by atoms with E-state index in [1.165, 1.54) is 23.7 Å². The minimum Gasteiger partial charge on any atom is -0.481 e. The van der Waals surface area contributed by atoms with E-state index in [9.17, 15) is 19.5 Å². The Balaban J connectivity index is 1.20. The predicted octanol–water partition coefficient (Wildman–Crippen LogP) is 5.64. The van der Waals surface area contributed by atoms with Crippen LogP contribution >= 0.6 is 0 Å². The van der Waals surface area contributed by atoms with Crippen molar-refractivity contribution < 1.29 is 24.2 Å². The number of carbonyl (C=O) groups excluding carboxylic acids is 2. The topological polar surface area (TPSA) is 127 Å². The van der Waals surface area contributed by atoms with Gasteiger partial charge in [-0.25, -0.2) is 14.8 Å². The summed E-state index contributed by atoms with van der Waals surface area (Å²) >= 11 is 0. The fourth-order valence-corrected chi connectivity index (χ4v) is 5.88. The first-order valence-electron chi connectivity index (χ1n) is 15.1. The number of carbonyl (C=O) groups is 3. The van der Waals surface area contributed by atoms with Crippen molar-refractivity contribution in [2.75, 3.05) is 18.4 Å². The SMILES string of the molecule is CC(C)(C)OC(=O)Nc1ccc(C[C@@H](C(=O)O)c2cn(CC(=O)N3CCC(c4ccccc4)(c4ccccc4)CC3)cn2)cn1. The molecule has 10 nitrogen and oxygen atoms in total. The monoisotopic (exact) mass is 609 g/mol. The number of amides is 2. The van der Waals surface area contributed by atoms with Gasteiger partial charge in [0.25, 0.3) is 0 Å². The van der Waals surface area contributed by atoms with Crippen LogP contribution in [0.25, 0.3) is 0 Å². The number of rotatable bonds is 9. The quantitative estimate of drug-likeness (QED) is 0.251. The Morgan fingerprint density at radius 3 is 2.09 bits per heavy atom. The van der Waals surface area contributed by atoms with Gasteiger partial charge < -0.3 is 19.3 Å². The van der Waals surface area contributed by atoms with Crippen LogP contribution < -0.4 is 5.32 Å². The lowest BCUT2D eigenvalue weighted by atomic mass is 9.68. The third-order valence-corrected chi connectivity index (χ3v) is 8.14. The van der Waals surface area contributed by atoms with Crippen LogP contribution in [0.3, 0.4) is 0 Å². The first-order valence-corrected chi connectivity index (χ1v) is 15.1. The van der Waals surface area contributed by atoms with E-state index >= 15 is 0 Å². The van der Waals surface area contributed by atoms with Crippen LogP contribution in [0.5, 0.6) is 0 Å². The molecule has 5 rings (SSSR count). The molecule has 4 aromatic rings. The van der Waals surface area contributed by atoms with Gasteiger partial charge in [0, 0.05) is 30.9 Å². The lowest BCUT2D eigenvalue weighted by Gasteiger charge is -2.43.